The number of carbonyl (C=O) groups excluding carboxylic acids is 2. The maximum absolute atomic E-state index is 11.7. The van der Waals surface area contributed by atoms with Gasteiger partial charge in [0.25, 0.3) is 0 Å². The molecule has 0 aliphatic rings. The SMILES string of the molecule is CC(=O)NCCCCNC(=O)/C=C(\C)c1ccccc1. The largest absolute Gasteiger partial charge is 0.356 e. The molecule has 2 amide bonds. The summed E-state index contributed by atoms with van der Waals surface area (Å²) in [5.41, 5.74) is 2.00. The Bertz CT molecular complexity index is 467. The predicted molar refractivity (Wildman–Crippen MR) is 81.0 cm³/mol. The molecule has 0 saturated carbocycles. The minimum Gasteiger partial charge on any atom is -0.356 e. The molecule has 0 radical (unpaired) electrons. The van der Waals surface area contributed by atoms with E-state index in [1.807, 2.05) is 37.3 Å². The van der Waals surface area contributed by atoms with Gasteiger partial charge in [0, 0.05) is 26.1 Å². The van der Waals surface area contributed by atoms with Crippen LogP contribution < -0.4 is 10.6 Å². The van der Waals surface area contributed by atoms with E-state index in [4.69, 9.17) is 0 Å². The normalized spacial score (nSPS) is 11.0. The maximum atomic E-state index is 11.7. The van der Waals surface area contributed by atoms with E-state index in [0.29, 0.717) is 13.1 Å². The van der Waals surface area contributed by atoms with Crippen molar-refractivity contribution >= 4 is 17.4 Å². The third-order valence-corrected chi connectivity index (χ3v) is 2.85. The van der Waals surface area contributed by atoms with E-state index in [0.717, 1.165) is 24.0 Å². The lowest BCUT2D eigenvalue weighted by Crippen LogP contribution is -2.25. The highest BCUT2D eigenvalue weighted by molar-refractivity contribution is 5.94. The molecule has 0 fully saturated rings. The van der Waals surface area contributed by atoms with E-state index in [9.17, 15) is 9.59 Å². The number of allylic oxidation sites excluding steroid dienone is 1. The molecular weight excluding hydrogens is 252 g/mol. The molecule has 0 bridgehead atoms. The van der Waals surface area contributed by atoms with Crippen molar-refractivity contribution in [1.29, 1.82) is 0 Å². The van der Waals surface area contributed by atoms with E-state index >= 15 is 0 Å². The van der Waals surface area contributed by atoms with E-state index in [1.165, 1.54) is 6.92 Å². The first-order valence-electron chi connectivity index (χ1n) is 6.85. The number of hydrogen-bond acceptors (Lipinski definition) is 2. The van der Waals surface area contributed by atoms with Crippen LogP contribution in [0.2, 0.25) is 0 Å². The van der Waals surface area contributed by atoms with Crippen molar-refractivity contribution in [1.82, 2.24) is 10.6 Å². The highest BCUT2D eigenvalue weighted by Crippen LogP contribution is 2.11. The Hall–Kier alpha value is -2.10. The summed E-state index contributed by atoms with van der Waals surface area (Å²) >= 11 is 0. The first-order chi connectivity index (χ1) is 9.59. The molecule has 0 atom stereocenters. The predicted octanol–water partition coefficient (Wildman–Crippen LogP) is 2.12. The Morgan fingerprint density at radius 2 is 1.60 bits per heavy atom. The number of hydrogen-bond donors (Lipinski definition) is 2. The molecule has 0 saturated heterocycles. The van der Waals surface area contributed by atoms with E-state index in [1.54, 1.807) is 6.08 Å². The summed E-state index contributed by atoms with van der Waals surface area (Å²) in [5.74, 6) is -0.0960. The van der Waals surface area contributed by atoms with Gasteiger partial charge in [-0.25, -0.2) is 0 Å². The van der Waals surface area contributed by atoms with E-state index in [2.05, 4.69) is 10.6 Å². The topological polar surface area (TPSA) is 58.2 Å². The Kier molecular flexibility index (Phi) is 7.11. The van der Waals surface area contributed by atoms with Crippen LogP contribution in [0.5, 0.6) is 0 Å². The highest BCUT2D eigenvalue weighted by Gasteiger charge is 1.99. The fraction of sp³-hybridized carbons (Fsp3) is 0.375. The second kappa shape index (κ2) is 8.91. The first kappa shape index (κ1) is 16.0. The number of amides is 2. The summed E-state index contributed by atoms with van der Waals surface area (Å²) in [6.45, 7) is 4.70. The van der Waals surface area contributed by atoms with Crippen LogP contribution in [0.25, 0.3) is 5.57 Å². The Morgan fingerprint density at radius 1 is 1.00 bits per heavy atom. The van der Waals surface area contributed by atoms with Crippen LogP contribution in [0.15, 0.2) is 36.4 Å². The summed E-state index contributed by atoms with van der Waals surface area (Å²) < 4.78 is 0. The summed E-state index contributed by atoms with van der Waals surface area (Å²) in [6, 6.07) is 9.81. The van der Waals surface area contributed by atoms with Gasteiger partial charge in [-0.1, -0.05) is 30.3 Å². The average Bonchev–Trinajstić information content (AvgIpc) is 2.43. The van der Waals surface area contributed by atoms with Gasteiger partial charge in [-0.05, 0) is 30.9 Å². The summed E-state index contributed by atoms with van der Waals surface area (Å²) in [7, 11) is 0. The van der Waals surface area contributed by atoms with Crippen molar-refractivity contribution in [2.45, 2.75) is 26.7 Å². The van der Waals surface area contributed by atoms with Crippen LogP contribution in [-0.2, 0) is 9.59 Å². The number of unbranched alkanes of at least 4 members (excludes halogenated alkanes) is 1. The van der Waals surface area contributed by atoms with Gasteiger partial charge in [0.05, 0.1) is 0 Å². The van der Waals surface area contributed by atoms with Gasteiger partial charge in [0.2, 0.25) is 11.8 Å². The van der Waals surface area contributed by atoms with E-state index in [-0.39, 0.29) is 11.8 Å². The van der Waals surface area contributed by atoms with Crippen LogP contribution >= 0.6 is 0 Å². The van der Waals surface area contributed by atoms with Crippen LogP contribution in [0.3, 0.4) is 0 Å². The third-order valence-electron chi connectivity index (χ3n) is 2.85. The van der Waals surface area contributed by atoms with Gasteiger partial charge in [-0.3, -0.25) is 9.59 Å². The number of benzene rings is 1. The van der Waals surface area contributed by atoms with Crippen molar-refractivity contribution in [2.75, 3.05) is 13.1 Å². The van der Waals surface area contributed by atoms with Gasteiger partial charge < -0.3 is 10.6 Å². The molecule has 0 spiro atoms. The lowest BCUT2D eigenvalue weighted by atomic mass is 10.1. The van der Waals surface area contributed by atoms with Crippen molar-refractivity contribution in [3.05, 3.63) is 42.0 Å². The van der Waals surface area contributed by atoms with Crippen molar-refractivity contribution in [3.8, 4) is 0 Å². The molecule has 0 aliphatic heterocycles. The molecular formula is C16H22N2O2. The number of rotatable bonds is 7. The number of nitrogens with one attached hydrogen (secondary N) is 2. The minimum absolute atomic E-state index is 0.0181. The van der Waals surface area contributed by atoms with Crippen LogP contribution in [0.1, 0.15) is 32.3 Å². The zero-order valence-electron chi connectivity index (χ0n) is 12.1. The quantitative estimate of drug-likeness (QED) is 0.591. The first-order valence-corrected chi connectivity index (χ1v) is 6.85. The van der Waals surface area contributed by atoms with Crippen molar-refractivity contribution in [3.63, 3.8) is 0 Å². The monoisotopic (exact) mass is 274 g/mol. The van der Waals surface area contributed by atoms with Gasteiger partial charge in [0.1, 0.15) is 0 Å². The molecule has 20 heavy (non-hydrogen) atoms. The highest BCUT2D eigenvalue weighted by atomic mass is 16.2. The molecule has 108 valence electrons. The van der Waals surface area contributed by atoms with Crippen LogP contribution in [0, 0.1) is 0 Å². The van der Waals surface area contributed by atoms with E-state index < -0.39 is 0 Å². The van der Waals surface area contributed by atoms with Gasteiger partial charge in [-0.15, -0.1) is 0 Å². The van der Waals surface area contributed by atoms with Crippen molar-refractivity contribution < 1.29 is 9.59 Å². The Balaban J connectivity index is 2.25. The second-order valence-electron chi connectivity index (χ2n) is 4.67. The van der Waals surface area contributed by atoms with Crippen LogP contribution in [-0.4, -0.2) is 24.9 Å². The van der Waals surface area contributed by atoms with Crippen LogP contribution in [0.4, 0.5) is 0 Å². The molecule has 0 aliphatic carbocycles. The summed E-state index contributed by atoms with van der Waals surface area (Å²) in [5, 5.41) is 5.57. The molecule has 0 aromatic heterocycles. The molecule has 0 unspecified atom stereocenters. The summed E-state index contributed by atoms with van der Waals surface area (Å²) in [6.07, 6.45) is 3.33. The lowest BCUT2D eigenvalue weighted by molar-refractivity contribution is -0.119. The number of carbonyl (C=O) groups is 2. The molecule has 4 heteroatoms. The zero-order valence-corrected chi connectivity index (χ0v) is 12.1. The third kappa shape index (κ3) is 6.73. The molecule has 1 aromatic carbocycles. The molecule has 4 nitrogen and oxygen atoms in total. The van der Waals surface area contributed by atoms with Gasteiger partial charge in [0.15, 0.2) is 0 Å². The Labute approximate surface area is 120 Å². The zero-order chi connectivity index (χ0) is 14.8. The summed E-state index contributed by atoms with van der Waals surface area (Å²) in [4.78, 5) is 22.4. The lowest BCUT2D eigenvalue weighted by Gasteiger charge is -2.05. The van der Waals surface area contributed by atoms with Gasteiger partial charge in [-0.2, -0.15) is 0 Å². The molecule has 2 N–H and O–H groups in total. The maximum Gasteiger partial charge on any atom is 0.244 e. The standard InChI is InChI=1S/C16H22N2O2/c1-13(15-8-4-3-5-9-15)12-16(20)18-11-7-6-10-17-14(2)19/h3-5,8-9,12H,6-7,10-11H2,1-2H3,(H,17,19)(H,18,20)/b13-12+. The van der Waals surface area contributed by atoms with Gasteiger partial charge >= 0.3 is 0 Å². The minimum atomic E-state index is -0.0779. The molecule has 0 heterocycles. The fourth-order valence-corrected chi connectivity index (χ4v) is 1.76. The molecule has 1 aromatic rings. The Morgan fingerprint density at radius 3 is 2.20 bits per heavy atom. The smallest absolute Gasteiger partial charge is 0.244 e. The average molecular weight is 274 g/mol. The molecule has 1 rings (SSSR count). The second-order valence-corrected chi connectivity index (χ2v) is 4.67. The van der Waals surface area contributed by atoms with Crippen molar-refractivity contribution in [2.24, 2.45) is 0 Å². The fourth-order valence-electron chi connectivity index (χ4n) is 1.76.